The monoisotopic (exact) mass is 529 g/mol. The maximum atomic E-state index is 13.9. The molecule has 0 spiro atoms. The molecule has 208 valence electrons. The maximum Gasteiger partial charge on any atom is 0.248 e. The smallest absolute Gasteiger partial charge is 0.248 e. The Morgan fingerprint density at radius 2 is 1.89 bits per heavy atom. The van der Waals surface area contributed by atoms with Gasteiger partial charge in [0.25, 0.3) is 0 Å². The molecule has 2 amide bonds. The van der Waals surface area contributed by atoms with Crippen molar-refractivity contribution in [2.75, 3.05) is 20.8 Å². The van der Waals surface area contributed by atoms with Crippen molar-refractivity contribution in [3.63, 3.8) is 0 Å². The van der Waals surface area contributed by atoms with E-state index in [0.717, 1.165) is 18.5 Å². The third-order valence-electron chi connectivity index (χ3n) is 7.31. The first-order valence-corrected chi connectivity index (χ1v) is 13.0. The van der Waals surface area contributed by atoms with Crippen molar-refractivity contribution in [1.29, 1.82) is 0 Å². The van der Waals surface area contributed by atoms with Gasteiger partial charge < -0.3 is 29.9 Å². The second kappa shape index (κ2) is 10.9. The molecule has 2 fully saturated rings. The minimum atomic E-state index is -1.10. The molecule has 4 unspecified atom stereocenters. The fraction of sp³-hybridized carbons (Fsp3) is 0.630. The van der Waals surface area contributed by atoms with Crippen LogP contribution in [0.1, 0.15) is 76.3 Å². The van der Waals surface area contributed by atoms with Crippen molar-refractivity contribution in [3.05, 3.63) is 35.7 Å². The molecule has 38 heavy (non-hydrogen) atoms. The lowest BCUT2D eigenvalue weighted by atomic mass is 9.85. The normalized spacial score (nSPS) is 22.1. The highest BCUT2D eigenvalue weighted by atomic mass is 16.5. The number of carbonyl (C=O) groups is 2. The molecule has 1 aromatic heterocycles. The van der Waals surface area contributed by atoms with E-state index in [0.29, 0.717) is 23.0 Å². The number of likely N-dealkylation sites (tertiary alicyclic amines) is 1. The third-order valence-corrected chi connectivity index (χ3v) is 7.31. The van der Waals surface area contributed by atoms with Crippen LogP contribution >= 0.6 is 0 Å². The highest BCUT2D eigenvalue weighted by Crippen LogP contribution is 2.40. The van der Waals surface area contributed by atoms with E-state index in [9.17, 15) is 19.8 Å². The second-order valence-corrected chi connectivity index (χ2v) is 11.4. The molecule has 2 aromatic rings. The molecule has 5 atom stereocenters. The predicted molar refractivity (Wildman–Crippen MR) is 139 cm³/mol. The maximum absolute atomic E-state index is 13.9. The van der Waals surface area contributed by atoms with E-state index in [4.69, 9.17) is 9.47 Å². The molecule has 0 bridgehead atoms. The Morgan fingerprint density at radius 1 is 1.18 bits per heavy atom. The zero-order chi connectivity index (χ0) is 27.8. The van der Waals surface area contributed by atoms with Gasteiger partial charge in [-0.2, -0.15) is 0 Å². The van der Waals surface area contributed by atoms with Crippen LogP contribution in [0.15, 0.2) is 24.4 Å². The average Bonchev–Trinajstić information content (AvgIpc) is 3.48. The Kier molecular flexibility index (Phi) is 7.98. The van der Waals surface area contributed by atoms with Gasteiger partial charge in [0.2, 0.25) is 11.8 Å². The third kappa shape index (κ3) is 5.78. The first kappa shape index (κ1) is 27.8. The van der Waals surface area contributed by atoms with Crippen molar-refractivity contribution in [1.82, 2.24) is 25.2 Å². The number of nitrogens with zero attached hydrogens (tertiary/aromatic N) is 4. The summed E-state index contributed by atoms with van der Waals surface area (Å²) in [6.45, 7) is 7.53. The molecule has 11 nitrogen and oxygen atoms in total. The fourth-order valence-corrected chi connectivity index (χ4v) is 5.07. The Bertz CT molecular complexity index is 1160. The molecule has 3 N–H and O–H groups in total. The summed E-state index contributed by atoms with van der Waals surface area (Å²) in [7, 11) is 3.02. The predicted octanol–water partition coefficient (Wildman–Crippen LogP) is 1.96. The number of amides is 2. The van der Waals surface area contributed by atoms with Crippen molar-refractivity contribution in [2.45, 2.75) is 83.2 Å². The first-order chi connectivity index (χ1) is 17.9. The number of methoxy groups -OCH3 is 2. The van der Waals surface area contributed by atoms with Gasteiger partial charge in [-0.25, -0.2) is 4.68 Å². The van der Waals surface area contributed by atoms with Gasteiger partial charge in [0.05, 0.1) is 32.1 Å². The summed E-state index contributed by atoms with van der Waals surface area (Å²) in [5, 5.41) is 32.9. The number of hydrogen-bond acceptors (Lipinski definition) is 8. The van der Waals surface area contributed by atoms with Crippen LogP contribution in [0.2, 0.25) is 0 Å². The zero-order valence-corrected chi connectivity index (χ0v) is 22.9. The van der Waals surface area contributed by atoms with E-state index >= 15 is 0 Å². The number of hydrogen-bond donors (Lipinski definition) is 3. The molecule has 0 radical (unpaired) electrons. The summed E-state index contributed by atoms with van der Waals surface area (Å²) in [6.07, 6.45) is 2.12. The van der Waals surface area contributed by atoms with Gasteiger partial charge in [0.15, 0.2) is 0 Å². The zero-order valence-electron chi connectivity index (χ0n) is 22.9. The van der Waals surface area contributed by atoms with Crippen LogP contribution in [-0.2, 0) is 9.59 Å². The molecule has 1 aromatic carbocycles. The lowest BCUT2D eigenvalue weighted by Gasteiger charge is -2.35. The lowest BCUT2D eigenvalue weighted by Crippen LogP contribution is -2.52. The van der Waals surface area contributed by atoms with Gasteiger partial charge >= 0.3 is 0 Å². The number of rotatable bonds is 9. The number of nitrogens with one attached hydrogen (secondary N) is 1. The summed E-state index contributed by atoms with van der Waals surface area (Å²) < 4.78 is 12.2. The van der Waals surface area contributed by atoms with Crippen molar-refractivity contribution in [3.8, 4) is 11.5 Å². The summed E-state index contributed by atoms with van der Waals surface area (Å²) in [5.74, 6) is 0.638. The highest BCUT2D eigenvalue weighted by molar-refractivity contribution is 5.90. The quantitative estimate of drug-likeness (QED) is 0.448. The van der Waals surface area contributed by atoms with Gasteiger partial charge in [-0.05, 0) is 43.4 Å². The number of aromatic nitrogens is 3. The standard InChI is InChI=1S/C27H39N5O6/c1-15(23(34)19-12-18(37-5)9-10-22(19)38-6)28-25(35)21-11-17(33)13-31(21)26(36)24(27(2,3)4)32-14-20(29-30-32)16-7-8-16/h9-10,12,14-17,21,23-24,33-34H,7-8,11,13H2,1-6H3,(H,28,35)/t15?,17?,21?,23?,24-/m0/s1. The SMILES string of the molecule is COc1ccc(OC)c(C(O)C(C)NC(=O)C2CC(O)CN2C(=O)[C@H](n2cc(C3CC3)nn2)C(C)(C)C)c1. The summed E-state index contributed by atoms with van der Waals surface area (Å²) in [4.78, 5) is 28.8. The molecular formula is C27H39N5O6. The summed E-state index contributed by atoms with van der Waals surface area (Å²) >= 11 is 0. The van der Waals surface area contributed by atoms with Gasteiger partial charge in [0.1, 0.15) is 29.7 Å². The van der Waals surface area contributed by atoms with Gasteiger partial charge in [-0.3, -0.25) is 9.59 Å². The highest BCUT2D eigenvalue weighted by Gasteiger charge is 2.46. The van der Waals surface area contributed by atoms with Crippen molar-refractivity contribution in [2.24, 2.45) is 5.41 Å². The van der Waals surface area contributed by atoms with Crippen molar-refractivity contribution < 1.29 is 29.3 Å². The molecule has 2 heterocycles. The van der Waals surface area contributed by atoms with Gasteiger partial charge in [0, 0.05) is 30.6 Å². The molecular weight excluding hydrogens is 490 g/mol. The molecule has 2 aliphatic rings. The largest absolute Gasteiger partial charge is 0.497 e. The number of carbonyl (C=O) groups excluding carboxylic acids is 2. The topological polar surface area (TPSA) is 139 Å². The van der Waals surface area contributed by atoms with E-state index in [1.807, 2.05) is 27.0 Å². The fourth-order valence-electron chi connectivity index (χ4n) is 5.07. The van der Waals surface area contributed by atoms with E-state index in [-0.39, 0.29) is 18.9 Å². The number of benzene rings is 1. The summed E-state index contributed by atoms with van der Waals surface area (Å²) in [5.41, 5.74) is 0.815. The number of β-amino-alcohol motifs (C(OH)–C–C–N with tert-alkyl or cyclic N) is 1. The minimum absolute atomic E-state index is 0.0360. The number of aliphatic hydroxyl groups excluding tert-OH is 2. The average molecular weight is 530 g/mol. The first-order valence-electron chi connectivity index (χ1n) is 13.0. The molecule has 11 heteroatoms. The van der Waals surface area contributed by atoms with Crippen LogP contribution < -0.4 is 14.8 Å². The van der Waals surface area contributed by atoms with E-state index in [1.54, 1.807) is 29.8 Å². The summed E-state index contributed by atoms with van der Waals surface area (Å²) in [6, 6.07) is 2.75. The van der Waals surface area contributed by atoms with Crippen molar-refractivity contribution >= 4 is 11.8 Å². The Hall–Kier alpha value is -3.18. The number of aliphatic hydroxyl groups is 2. The van der Waals surface area contributed by atoms with Crippen LogP contribution in [0.4, 0.5) is 0 Å². The van der Waals surface area contributed by atoms with E-state index in [1.165, 1.54) is 19.1 Å². The van der Waals surface area contributed by atoms with E-state index in [2.05, 4.69) is 15.6 Å². The molecule has 1 saturated heterocycles. The van der Waals surface area contributed by atoms with Gasteiger partial charge in [-0.1, -0.05) is 26.0 Å². The minimum Gasteiger partial charge on any atom is -0.497 e. The van der Waals surface area contributed by atoms with Crippen LogP contribution in [-0.4, -0.2) is 80.9 Å². The molecule has 1 aliphatic carbocycles. The molecule has 1 aliphatic heterocycles. The molecule has 1 saturated carbocycles. The van der Waals surface area contributed by atoms with Crippen LogP contribution in [0.25, 0.3) is 0 Å². The Balaban J connectivity index is 1.52. The lowest BCUT2D eigenvalue weighted by molar-refractivity contribution is -0.144. The molecule has 4 rings (SSSR count). The van der Waals surface area contributed by atoms with E-state index < -0.39 is 41.7 Å². The van der Waals surface area contributed by atoms with Crippen LogP contribution in [0.3, 0.4) is 0 Å². The second-order valence-electron chi connectivity index (χ2n) is 11.4. The van der Waals surface area contributed by atoms with Gasteiger partial charge in [-0.15, -0.1) is 5.10 Å². The van der Waals surface area contributed by atoms with Crippen LogP contribution in [0.5, 0.6) is 11.5 Å². The van der Waals surface area contributed by atoms with Crippen LogP contribution in [0, 0.1) is 5.41 Å². The Labute approximate surface area is 223 Å². The number of ether oxygens (including phenoxy) is 2. The Morgan fingerprint density at radius 3 is 2.50 bits per heavy atom.